The zero-order chi connectivity index (χ0) is 21.3. The molecule has 3 fully saturated rings. The highest BCUT2D eigenvalue weighted by molar-refractivity contribution is 5.95. The Hall–Kier alpha value is -2.06. The van der Waals surface area contributed by atoms with E-state index >= 15 is 0 Å². The molecule has 3 aliphatic rings. The monoisotopic (exact) mass is 414 g/mol. The van der Waals surface area contributed by atoms with E-state index in [2.05, 4.69) is 20.2 Å². The summed E-state index contributed by atoms with van der Waals surface area (Å²) in [5, 5.41) is 3.16. The van der Waals surface area contributed by atoms with Gasteiger partial charge in [0.2, 0.25) is 5.91 Å². The number of rotatable bonds is 5. The second-order valence-corrected chi connectivity index (χ2v) is 9.40. The Labute approximate surface area is 179 Å². The number of hydrogen-bond acceptors (Lipinski definition) is 6. The van der Waals surface area contributed by atoms with Crippen LogP contribution < -0.4 is 5.32 Å². The van der Waals surface area contributed by atoms with E-state index in [4.69, 9.17) is 0 Å². The number of aromatic nitrogens is 2. The lowest BCUT2D eigenvalue weighted by Crippen LogP contribution is -2.66. The van der Waals surface area contributed by atoms with Gasteiger partial charge in [-0.15, -0.1) is 0 Å². The van der Waals surface area contributed by atoms with E-state index < -0.39 is 0 Å². The number of nitrogens with one attached hydrogen (secondary N) is 1. The Kier molecular flexibility index (Phi) is 6.34. The molecule has 0 saturated carbocycles. The zero-order valence-electron chi connectivity index (χ0n) is 18.4. The van der Waals surface area contributed by atoms with Gasteiger partial charge in [-0.3, -0.25) is 14.5 Å². The molecule has 1 aromatic rings. The number of amides is 2. The fourth-order valence-corrected chi connectivity index (χ4v) is 5.69. The topological polar surface area (TPSA) is 81.7 Å². The van der Waals surface area contributed by atoms with Crippen molar-refractivity contribution in [1.29, 1.82) is 0 Å². The molecule has 30 heavy (non-hydrogen) atoms. The van der Waals surface area contributed by atoms with E-state index in [0.717, 1.165) is 31.7 Å². The quantitative estimate of drug-likeness (QED) is 0.767. The van der Waals surface area contributed by atoms with Crippen LogP contribution in [0, 0.1) is 18.8 Å². The molecular weight excluding hydrogens is 380 g/mol. The van der Waals surface area contributed by atoms with Crippen molar-refractivity contribution in [3.8, 4) is 0 Å². The van der Waals surface area contributed by atoms with E-state index in [1.165, 1.54) is 25.6 Å². The number of carbonyl (C=O) groups excluding carboxylic acids is 2. The predicted molar refractivity (Wildman–Crippen MR) is 114 cm³/mol. The highest BCUT2D eigenvalue weighted by Crippen LogP contribution is 2.41. The van der Waals surface area contributed by atoms with Crippen LogP contribution in [0.15, 0.2) is 12.5 Å². The summed E-state index contributed by atoms with van der Waals surface area (Å²) in [4.78, 5) is 40.4. The van der Waals surface area contributed by atoms with Gasteiger partial charge >= 0.3 is 0 Å². The molecule has 4 rings (SSSR count). The van der Waals surface area contributed by atoms with E-state index in [1.54, 1.807) is 6.20 Å². The zero-order valence-corrected chi connectivity index (χ0v) is 18.4. The van der Waals surface area contributed by atoms with Crippen LogP contribution in [0.3, 0.4) is 0 Å². The molecule has 0 aliphatic carbocycles. The minimum Gasteiger partial charge on any atom is -0.353 e. The van der Waals surface area contributed by atoms with Gasteiger partial charge in [0.15, 0.2) is 0 Å². The van der Waals surface area contributed by atoms with Crippen LogP contribution in [0.5, 0.6) is 0 Å². The van der Waals surface area contributed by atoms with Crippen LogP contribution in [-0.2, 0) is 4.79 Å². The molecule has 3 aliphatic heterocycles. The van der Waals surface area contributed by atoms with Crippen molar-refractivity contribution in [3.63, 3.8) is 0 Å². The van der Waals surface area contributed by atoms with Crippen LogP contribution in [-0.4, -0.2) is 95.4 Å². The minimum absolute atomic E-state index is 0.0439. The molecule has 164 valence electrons. The van der Waals surface area contributed by atoms with Crippen LogP contribution >= 0.6 is 0 Å². The predicted octanol–water partition coefficient (Wildman–Crippen LogP) is 0.778. The number of piperidine rings is 3. The first-order valence-electron chi connectivity index (χ1n) is 11.2. The number of aryl methyl sites for hydroxylation is 1. The molecule has 1 aromatic heterocycles. The average Bonchev–Trinajstić information content (AvgIpc) is 2.73. The standard InChI is InChI=1S/C22H34N6O2/c1-15-18(9-23-14-25-15)22(30)27-11-16-8-17(12-27)20(10-24-21(29)13-26(2)3)28-7-5-4-6-19(16)28/h9,14,16-17,19-20H,4-8,10-13H2,1-3H3,(H,24,29)/t16-,17+,19+,20+/m1/s1. The Morgan fingerprint density at radius 3 is 2.80 bits per heavy atom. The number of hydrogen-bond donors (Lipinski definition) is 1. The van der Waals surface area contributed by atoms with Crippen molar-refractivity contribution in [2.45, 2.75) is 44.7 Å². The largest absolute Gasteiger partial charge is 0.353 e. The third kappa shape index (κ3) is 4.34. The van der Waals surface area contributed by atoms with Gasteiger partial charge in [0.1, 0.15) is 6.33 Å². The average molecular weight is 415 g/mol. The fraction of sp³-hybridized carbons (Fsp3) is 0.727. The molecule has 4 atom stereocenters. The van der Waals surface area contributed by atoms with Crippen molar-refractivity contribution >= 4 is 11.8 Å². The summed E-state index contributed by atoms with van der Waals surface area (Å²) in [6, 6.07) is 0.802. The lowest BCUT2D eigenvalue weighted by Gasteiger charge is -2.56. The van der Waals surface area contributed by atoms with E-state index in [0.29, 0.717) is 42.6 Å². The number of carbonyl (C=O) groups is 2. The van der Waals surface area contributed by atoms with Gasteiger partial charge in [-0.2, -0.15) is 0 Å². The first-order chi connectivity index (χ1) is 14.4. The molecule has 2 bridgehead atoms. The summed E-state index contributed by atoms with van der Waals surface area (Å²) in [6.45, 7) is 5.58. The lowest BCUT2D eigenvalue weighted by molar-refractivity contribution is -0.123. The van der Waals surface area contributed by atoms with Crippen LogP contribution in [0.2, 0.25) is 0 Å². The molecule has 0 unspecified atom stereocenters. The summed E-state index contributed by atoms with van der Waals surface area (Å²) >= 11 is 0. The summed E-state index contributed by atoms with van der Waals surface area (Å²) in [5.74, 6) is 0.997. The molecule has 4 heterocycles. The van der Waals surface area contributed by atoms with Gasteiger partial charge < -0.3 is 15.1 Å². The van der Waals surface area contributed by atoms with Gasteiger partial charge in [0.25, 0.3) is 5.91 Å². The van der Waals surface area contributed by atoms with Gasteiger partial charge in [0, 0.05) is 37.9 Å². The SMILES string of the molecule is Cc1ncncc1C(=O)N1C[C@H]2C[C@@H](C1)[C@H](CNC(=O)CN(C)C)N1CCCC[C@@H]21. The molecule has 2 amide bonds. The second-order valence-electron chi connectivity index (χ2n) is 9.40. The number of likely N-dealkylation sites (N-methyl/N-ethyl adjacent to an activating group) is 1. The summed E-state index contributed by atoms with van der Waals surface area (Å²) in [7, 11) is 3.82. The van der Waals surface area contributed by atoms with Crippen LogP contribution in [0.4, 0.5) is 0 Å². The molecule has 8 nitrogen and oxygen atoms in total. The van der Waals surface area contributed by atoms with E-state index in [1.807, 2.05) is 30.8 Å². The van der Waals surface area contributed by atoms with Crippen LogP contribution in [0.1, 0.15) is 41.7 Å². The molecular formula is C22H34N6O2. The Morgan fingerprint density at radius 2 is 2.03 bits per heavy atom. The molecule has 0 aromatic carbocycles. The third-order valence-corrected chi connectivity index (χ3v) is 7.02. The summed E-state index contributed by atoms with van der Waals surface area (Å²) in [6.07, 6.45) is 7.94. The maximum Gasteiger partial charge on any atom is 0.257 e. The Morgan fingerprint density at radius 1 is 1.23 bits per heavy atom. The first kappa shape index (κ1) is 21.2. The van der Waals surface area contributed by atoms with Gasteiger partial charge in [-0.25, -0.2) is 9.97 Å². The molecule has 0 radical (unpaired) electrons. The molecule has 8 heteroatoms. The van der Waals surface area contributed by atoms with E-state index in [-0.39, 0.29) is 11.8 Å². The van der Waals surface area contributed by atoms with Crippen molar-refractivity contribution in [2.75, 3.05) is 46.8 Å². The van der Waals surface area contributed by atoms with Gasteiger partial charge in [0.05, 0.1) is 17.8 Å². The van der Waals surface area contributed by atoms with Crippen LogP contribution in [0.25, 0.3) is 0 Å². The maximum atomic E-state index is 13.3. The van der Waals surface area contributed by atoms with Gasteiger partial charge in [-0.1, -0.05) is 6.42 Å². The number of likely N-dealkylation sites (tertiary alicyclic amines) is 1. The van der Waals surface area contributed by atoms with Crippen molar-refractivity contribution in [3.05, 3.63) is 23.8 Å². The smallest absolute Gasteiger partial charge is 0.257 e. The highest BCUT2D eigenvalue weighted by atomic mass is 16.2. The Balaban J connectivity index is 1.51. The molecule has 1 N–H and O–H groups in total. The minimum atomic E-state index is 0.0439. The number of nitrogens with zero attached hydrogens (tertiary/aromatic N) is 5. The third-order valence-electron chi connectivity index (χ3n) is 7.02. The van der Waals surface area contributed by atoms with Crippen molar-refractivity contribution < 1.29 is 9.59 Å². The van der Waals surface area contributed by atoms with Crippen molar-refractivity contribution in [2.24, 2.45) is 11.8 Å². The maximum absolute atomic E-state index is 13.3. The Bertz CT molecular complexity index is 785. The van der Waals surface area contributed by atoms with Crippen molar-refractivity contribution in [1.82, 2.24) is 30.0 Å². The fourth-order valence-electron chi connectivity index (χ4n) is 5.69. The highest BCUT2D eigenvalue weighted by Gasteiger charge is 2.48. The molecule has 0 spiro atoms. The summed E-state index contributed by atoms with van der Waals surface area (Å²) in [5.41, 5.74) is 1.34. The first-order valence-corrected chi connectivity index (χ1v) is 11.2. The molecule has 3 saturated heterocycles. The second kappa shape index (κ2) is 8.98. The normalized spacial score (nSPS) is 28.9. The number of fused-ring (bicyclic) bond motifs is 4. The van der Waals surface area contributed by atoms with E-state index in [9.17, 15) is 9.59 Å². The lowest BCUT2D eigenvalue weighted by atomic mass is 9.72. The summed E-state index contributed by atoms with van der Waals surface area (Å²) < 4.78 is 0. The van der Waals surface area contributed by atoms with Gasteiger partial charge in [-0.05, 0) is 58.7 Å².